The Hall–Kier alpha value is -3.24. The normalized spacial score (nSPS) is 12.7. The number of fused-ring (bicyclic) bond motifs is 2. The van der Waals surface area contributed by atoms with Gasteiger partial charge in [-0.2, -0.15) is 0 Å². The first-order chi connectivity index (χ1) is 19.3. The highest BCUT2D eigenvalue weighted by Crippen LogP contribution is 2.42. The summed E-state index contributed by atoms with van der Waals surface area (Å²) in [5.74, 6) is 0.539. The zero-order valence-electron chi connectivity index (χ0n) is 23.2. The number of rotatable bonds is 13. The molecular weight excluding hydrogens is 528 g/mol. The highest BCUT2D eigenvalue weighted by atomic mass is 32.2. The maximum absolute atomic E-state index is 12.3. The summed E-state index contributed by atoms with van der Waals surface area (Å²) in [7, 11) is -4.75. The Balaban J connectivity index is 2.06. The first kappa shape index (κ1) is 29.7. The van der Waals surface area contributed by atoms with Crippen LogP contribution in [0.4, 0.5) is 5.69 Å². The second-order valence-electron chi connectivity index (χ2n) is 9.92. The number of aliphatic hydroxyl groups is 2. The van der Waals surface area contributed by atoms with Gasteiger partial charge in [0, 0.05) is 59.4 Å². The molecule has 0 aromatic heterocycles. The molecular formula is C31H38N2O6S. The standard InChI is InChI=1S/C31H38N2O6S/c1-3-5-15-32(17-19-34)23-11-13-25-28(21-23)39-29-22-24(33(18-20-35)16-6-4-2)12-14-26(29)31(25)27-9-7-8-10-30(27)40(36,37)38/h7-14,21-22,34-35H,3-6,15-20H2,1-2H3. The molecule has 0 fully saturated rings. The molecule has 2 aliphatic rings. The van der Waals surface area contributed by atoms with Crippen molar-refractivity contribution in [1.29, 1.82) is 0 Å². The van der Waals surface area contributed by atoms with E-state index in [0.717, 1.165) is 49.8 Å². The van der Waals surface area contributed by atoms with Gasteiger partial charge in [0.25, 0.3) is 0 Å². The molecule has 2 N–H and O–H groups in total. The minimum absolute atomic E-state index is 0.0123. The van der Waals surface area contributed by atoms with Crippen LogP contribution in [-0.4, -0.2) is 62.6 Å². The maximum Gasteiger partial charge on any atom is 0.203 e. The minimum atomic E-state index is -4.75. The van der Waals surface area contributed by atoms with Gasteiger partial charge in [0.1, 0.15) is 34.6 Å². The summed E-state index contributed by atoms with van der Waals surface area (Å²) in [6.45, 7) is 6.75. The summed E-state index contributed by atoms with van der Waals surface area (Å²) >= 11 is 0. The van der Waals surface area contributed by atoms with Gasteiger partial charge in [-0.05, 0) is 30.7 Å². The number of anilines is 1. The molecule has 8 nitrogen and oxygen atoms in total. The molecule has 214 valence electrons. The third-order valence-corrected chi connectivity index (χ3v) is 8.04. The van der Waals surface area contributed by atoms with Crippen LogP contribution in [0.3, 0.4) is 0 Å². The molecule has 40 heavy (non-hydrogen) atoms. The van der Waals surface area contributed by atoms with E-state index in [1.54, 1.807) is 18.2 Å². The SMILES string of the molecule is CCCCN(CCO)c1ccc2c(-c3ccccc3S(=O)(=O)[O-])c3ccc(=[N+](CCO)CCCC)cc-3oc2c1. The minimum Gasteiger partial charge on any atom is -0.744 e. The quantitative estimate of drug-likeness (QED) is 0.141. The van der Waals surface area contributed by atoms with Gasteiger partial charge < -0.3 is 24.1 Å². The van der Waals surface area contributed by atoms with E-state index in [9.17, 15) is 23.2 Å². The Morgan fingerprint density at radius 2 is 1.65 bits per heavy atom. The van der Waals surface area contributed by atoms with E-state index < -0.39 is 10.1 Å². The fraction of sp³-hybridized carbons (Fsp3) is 0.387. The third kappa shape index (κ3) is 6.55. The van der Waals surface area contributed by atoms with Crippen LogP contribution in [-0.2, 0) is 10.1 Å². The molecule has 1 heterocycles. The summed E-state index contributed by atoms with van der Waals surface area (Å²) in [5.41, 5.74) is 3.03. The van der Waals surface area contributed by atoms with Crippen molar-refractivity contribution in [3.8, 4) is 22.5 Å². The van der Waals surface area contributed by atoms with Crippen LogP contribution < -0.4 is 14.8 Å². The number of unbranched alkanes of at least 4 members (excludes halogenated alkanes) is 2. The predicted molar refractivity (Wildman–Crippen MR) is 157 cm³/mol. The molecule has 9 heteroatoms. The second kappa shape index (κ2) is 13.4. The molecule has 0 radical (unpaired) electrons. The molecule has 1 aliphatic carbocycles. The molecule has 0 atom stereocenters. The molecule has 2 aromatic rings. The van der Waals surface area contributed by atoms with Crippen molar-refractivity contribution in [2.45, 2.75) is 44.4 Å². The van der Waals surface area contributed by atoms with Gasteiger partial charge in [-0.25, -0.2) is 13.0 Å². The Morgan fingerprint density at radius 1 is 0.875 bits per heavy atom. The van der Waals surface area contributed by atoms with Gasteiger partial charge in [0.15, 0.2) is 6.54 Å². The van der Waals surface area contributed by atoms with Gasteiger partial charge in [0.05, 0.1) is 17.6 Å². The molecule has 4 rings (SSSR count). The number of benzene rings is 3. The van der Waals surface area contributed by atoms with E-state index in [2.05, 4.69) is 23.3 Å². The first-order valence-corrected chi connectivity index (χ1v) is 15.3. The average Bonchev–Trinajstić information content (AvgIpc) is 2.95. The summed E-state index contributed by atoms with van der Waals surface area (Å²) in [6.07, 6.45) is 3.96. The summed E-state index contributed by atoms with van der Waals surface area (Å²) in [6, 6.07) is 17.7. The van der Waals surface area contributed by atoms with E-state index in [1.165, 1.54) is 6.07 Å². The van der Waals surface area contributed by atoms with Crippen molar-refractivity contribution in [1.82, 2.24) is 4.58 Å². The number of hydrogen-bond donors (Lipinski definition) is 2. The van der Waals surface area contributed by atoms with Crippen molar-refractivity contribution < 1.29 is 27.6 Å². The van der Waals surface area contributed by atoms with Crippen molar-refractivity contribution in [2.24, 2.45) is 0 Å². The van der Waals surface area contributed by atoms with Crippen molar-refractivity contribution in [3.05, 3.63) is 66.0 Å². The largest absolute Gasteiger partial charge is 0.744 e. The number of hydrogen-bond acceptors (Lipinski definition) is 7. The smallest absolute Gasteiger partial charge is 0.203 e. The lowest BCUT2D eigenvalue weighted by molar-refractivity contribution is 0.280. The van der Waals surface area contributed by atoms with Crippen LogP contribution in [0.2, 0.25) is 0 Å². The summed E-state index contributed by atoms with van der Waals surface area (Å²) < 4.78 is 45.4. The molecule has 0 bridgehead atoms. The molecule has 1 aliphatic heterocycles. The van der Waals surface area contributed by atoms with Gasteiger partial charge in [-0.1, -0.05) is 44.9 Å². The van der Waals surface area contributed by atoms with Crippen LogP contribution in [0.1, 0.15) is 39.5 Å². The van der Waals surface area contributed by atoms with Crippen molar-refractivity contribution >= 4 is 26.8 Å². The van der Waals surface area contributed by atoms with Crippen molar-refractivity contribution in [2.75, 3.05) is 44.3 Å². The summed E-state index contributed by atoms with van der Waals surface area (Å²) in [4.78, 5) is 1.81. The highest BCUT2D eigenvalue weighted by molar-refractivity contribution is 7.85. The van der Waals surface area contributed by atoms with Gasteiger partial charge >= 0.3 is 0 Å². The molecule has 0 saturated carbocycles. The molecule has 0 spiro atoms. The highest BCUT2D eigenvalue weighted by Gasteiger charge is 2.22. The van der Waals surface area contributed by atoms with E-state index in [-0.39, 0.29) is 18.1 Å². The lowest BCUT2D eigenvalue weighted by atomic mass is 9.93. The Kier molecular flexibility index (Phi) is 9.97. The third-order valence-electron chi connectivity index (χ3n) is 7.15. The fourth-order valence-corrected chi connectivity index (χ4v) is 5.81. The Labute approximate surface area is 235 Å². The second-order valence-corrected chi connectivity index (χ2v) is 11.3. The zero-order chi connectivity index (χ0) is 28.7. The molecule has 0 unspecified atom stereocenters. The topological polar surface area (TPSA) is 117 Å². The lowest BCUT2D eigenvalue weighted by Gasteiger charge is -2.25. The fourth-order valence-electron chi connectivity index (χ4n) is 5.12. The van der Waals surface area contributed by atoms with Crippen molar-refractivity contribution in [3.63, 3.8) is 0 Å². The predicted octanol–water partition coefficient (Wildman–Crippen LogP) is 4.27. The Bertz CT molecular complexity index is 1600. The number of nitrogens with zero attached hydrogens (tertiary/aromatic N) is 2. The summed E-state index contributed by atoms with van der Waals surface area (Å²) in [5, 5.41) is 20.9. The molecule has 0 saturated heterocycles. The maximum atomic E-state index is 12.3. The molecule has 2 aromatic carbocycles. The van der Waals surface area contributed by atoms with E-state index in [1.807, 2.05) is 36.4 Å². The average molecular weight is 567 g/mol. The van der Waals surface area contributed by atoms with E-state index in [0.29, 0.717) is 46.5 Å². The van der Waals surface area contributed by atoms with Crippen LogP contribution in [0.25, 0.3) is 33.4 Å². The monoisotopic (exact) mass is 566 g/mol. The van der Waals surface area contributed by atoms with Crippen LogP contribution in [0, 0.1) is 0 Å². The van der Waals surface area contributed by atoms with Crippen LogP contribution in [0.5, 0.6) is 0 Å². The first-order valence-electron chi connectivity index (χ1n) is 13.9. The Morgan fingerprint density at radius 3 is 2.35 bits per heavy atom. The number of aliphatic hydroxyl groups excluding tert-OH is 2. The van der Waals surface area contributed by atoms with E-state index >= 15 is 0 Å². The zero-order valence-corrected chi connectivity index (χ0v) is 24.0. The lowest BCUT2D eigenvalue weighted by Crippen LogP contribution is -2.33. The van der Waals surface area contributed by atoms with Gasteiger partial charge in [0.2, 0.25) is 5.36 Å². The molecule has 0 amide bonds. The van der Waals surface area contributed by atoms with Crippen LogP contribution >= 0.6 is 0 Å². The van der Waals surface area contributed by atoms with E-state index in [4.69, 9.17) is 4.42 Å². The van der Waals surface area contributed by atoms with Gasteiger partial charge in [-0.15, -0.1) is 0 Å². The van der Waals surface area contributed by atoms with Crippen LogP contribution in [0.15, 0.2) is 70.0 Å². The van der Waals surface area contributed by atoms with Gasteiger partial charge in [-0.3, -0.25) is 0 Å².